The highest BCUT2D eigenvalue weighted by atomic mass is 32.2. The normalized spacial score (nSPS) is 27.4. The standard InChI is InChI=1S/C12H24N2OS/c1-9(16-2)7-8-14-12(15)10-3-5-11(13)6-4-10/h9-11H,3-8,13H2,1-2H3,(H,14,15). The molecule has 0 heterocycles. The lowest BCUT2D eigenvalue weighted by Crippen LogP contribution is -2.37. The van der Waals surface area contributed by atoms with E-state index in [4.69, 9.17) is 5.73 Å². The summed E-state index contributed by atoms with van der Waals surface area (Å²) in [6.45, 7) is 3.00. The van der Waals surface area contributed by atoms with E-state index in [2.05, 4.69) is 18.5 Å². The maximum atomic E-state index is 11.8. The number of carbonyl (C=O) groups excluding carboxylic acids is 1. The predicted octanol–water partition coefficient (Wildman–Crippen LogP) is 1.76. The lowest BCUT2D eigenvalue weighted by molar-refractivity contribution is -0.125. The van der Waals surface area contributed by atoms with Crippen molar-refractivity contribution >= 4 is 17.7 Å². The fraction of sp³-hybridized carbons (Fsp3) is 0.917. The van der Waals surface area contributed by atoms with E-state index in [1.54, 1.807) is 0 Å². The van der Waals surface area contributed by atoms with Crippen LogP contribution in [-0.2, 0) is 4.79 Å². The van der Waals surface area contributed by atoms with Gasteiger partial charge in [0.15, 0.2) is 0 Å². The maximum absolute atomic E-state index is 11.8. The van der Waals surface area contributed by atoms with Crippen LogP contribution in [0.3, 0.4) is 0 Å². The highest BCUT2D eigenvalue weighted by Crippen LogP contribution is 2.23. The van der Waals surface area contributed by atoms with Crippen molar-refractivity contribution in [2.75, 3.05) is 12.8 Å². The number of nitrogens with one attached hydrogen (secondary N) is 1. The molecule has 94 valence electrons. The summed E-state index contributed by atoms with van der Waals surface area (Å²) in [6, 6.07) is 0.320. The van der Waals surface area contributed by atoms with Crippen LogP contribution in [0.1, 0.15) is 39.0 Å². The van der Waals surface area contributed by atoms with Crippen molar-refractivity contribution in [3.63, 3.8) is 0 Å². The van der Waals surface area contributed by atoms with E-state index in [1.807, 2.05) is 11.8 Å². The Kier molecular flexibility index (Phi) is 6.21. The number of amides is 1. The van der Waals surface area contributed by atoms with Crippen LogP contribution >= 0.6 is 11.8 Å². The predicted molar refractivity (Wildman–Crippen MR) is 70.5 cm³/mol. The van der Waals surface area contributed by atoms with Crippen molar-refractivity contribution in [3.05, 3.63) is 0 Å². The Labute approximate surface area is 103 Å². The van der Waals surface area contributed by atoms with Crippen LogP contribution in [0.2, 0.25) is 0 Å². The Morgan fingerprint density at radius 1 is 1.44 bits per heavy atom. The van der Waals surface area contributed by atoms with Gasteiger partial charge in [-0.3, -0.25) is 4.79 Å². The molecule has 0 saturated heterocycles. The summed E-state index contributed by atoms with van der Waals surface area (Å²) in [7, 11) is 0. The van der Waals surface area contributed by atoms with Crippen molar-refractivity contribution in [2.24, 2.45) is 11.7 Å². The Morgan fingerprint density at radius 2 is 2.06 bits per heavy atom. The van der Waals surface area contributed by atoms with E-state index >= 15 is 0 Å². The van der Waals surface area contributed by atoms with Gasteiger partial charge in [0.25, 0.3) is 0 Å². The molecule has 1 fully saturated rings. The zero-order valence-corrected chi connectivity index (χ0v) is 11.2. The molecule has 0 radical (unpaired) electrons. The van der Waals surface area contributed by atoms with Gasteiger partial charge in [-0.1, -0.05) is 6.92 Å². The monoisotopic (exact) mass is 244 g/mol. The average Bonchev–Trinajstić information content (AvgIpc) is 2.29. The van der Waals surface area contributed by atoms with Gasteiger partial charge in [0.2, 0.25) is 5.91 Å². The Morgan fingerprint density at radius 3 is 2.62 bits per heavy atom. The minimum absolute atomic E-state index is 0.212. The first kappa shape index (κ1) is 13.8. The molecule has 0 aromatic heterocycles. The van der Waals surface area contributed by atoms with Gasteiger partial charge in [-0.25, -0.2) is 0 Å². The van der Waals surface area contributed by atoms with E-state index < -0.39 is 0 Å². The molecular weight excluding hydrogens is 220 g/mol. The lowest BCUT2D eigenvalue weighted by atomic mass is 9.86. The summed E-state index contributed by atoms with van der Waals surface area (Å²) in [5, 5.41) is 3.66. The third-order valence-corrected chi connectivity index (χ3v) is 4.44. The highest BCUT2D eigenvalue weighted by Gasteiger charge is 2.24. The van der Waals surface area contributed by atoms with E-state index in [0.29, 0.717) is 11.3 Å². The van der Waals surface area contributed by atoms with Crippen molar-refractivity contribution < 1.29 is 4.79 Å². The van der Waals surface area contributed by atoms with Crippen LogP contribution in [-0.4, -0.2) is 30.0 Å². The molecule has 0 aliphatic heterocycles. The van der Waals surface area contributed by atoms with Gasteiger partial charge in [0.05, 0.1) is 0 Å². The molecule has 1 amide bonds. The van der Waals surface area contributed by atoms with Crippen LogP contribution in [0, 0.1) is 5.92 Å². The first-order valence-corrected chi connectivity index (χ1v) is 7.48. The minimum Gasteiger partial charge on any atom is -0.356 e. The fourth-order valence-electron chi connectivity index (χ4n) is 2.04. The quantitative estimate of drug-likeness (QED) is 0.775. The third-order valence-electron chi connectivity index (χ3n) is 3.40. The smallest absolute Gasteiger partial charge is 0.223 e. The zero-order valence-electron chi connectivity index (χ0n) is 10.4. The van der Waals surface area contributed by atoms with Crippen LogP contribution in [0.4, 0.5) is 0 Å². The van der Waals surface area contributed by atoms with Crippen LogP contribution in [0.15, 0.2) is 0 Å². The van der Waals surface area contributed by atoms with Gasteiger partial charge in [0, 0.05) is 23.8 Å². The first-order valence-electron chi connectivity index (χ1n) is 6.19. The molecule has 16 heavy (non-hydrogen) atoms. The number of carbonyl (C=O) groups is 1. The largest absolute Gasteiger partial charge is 0.356 e. The second-order valence-corrected chi connectivity index (χ2v) is 6.01. The summed E-state index contributed by atoms with van der Waals surface area (Å²) in [5.74, 6) is 0.449. The number of hydrogen-bond donors (Lipinski definition) is 2. The highest BCUT2D eigenvalue weighted by molar-refractivity contribution is 7.99. The van der Waals surface area contributed by atoms with Gasteiger partial charge >= 0.3 is 0 Å². The van der Waals surface area contributed by atoms with Gasteiger partial charge in [-0.15, -0.1) is 0 Å². The topological polar surface area (TPSA) is 55.1 Å². The molecule has 0 aromatic carbocycles. The van der Waals surface area contributed by atoms with Crippen molar-refractivity contribution in [2.45, 2.75) is 50.3 Å². The molecule has 0 bridgehead atoms. The van der Waals surface area contributed by atoms with Crippen molar-refractivity contribution in [1.82, 2.24) is 5.32 Å². The molecule has 1 unspecified atom stereocenters. The summed E-state index contributed by atoms with van der Waals surface area (Å²) in [6.07, 6.45) is 7.09. The van der Waals surface area contributed by atoms with E-state index in [1.165, 1.54) is 0 Å². The van der Waals surface area contributed by atoms with Crippen molar-refractivity contribution in [1.29, 1.82) is 0 Å². The molecule has 3 nitrogen and oxygen atoms in total. The summed E-state index contributed by atoms with van der Waals surface area (Å²) < 4.78 is 0. The Hall–Kier alpha value is -0.220. The van der Waals surface area contributed by atoms with Gasteiger partial charge in [-0.05, 0) is 38.4 Å². The lowest BCUT2D eigenvalue weighted by Gasteiger charge is -2.25. The summed E-state index contributed by atoms with van der Waals surface area (Å²) in [5.41, 5.74) is 5.82. The SMILES string of the molecule is CSC(C)CCNC(=O)C1CCC(N)CC1. The van der Waals surface area contributed by atoms with E-state index in [0.717, 1.165) is 38.6 Å². The van der Waals surface area contributed by atoms with Crippen LogP contribution in [0.5, 0.6) is 0 Å². The number of rotatable bonds is 5. The maximum Gasteiger partial charge on any atom is 0.223 e. The molecule has 1 saturated carbocycles. The Balaban J connectivity index is 2.15. The van der Waals surface area contributed by atoms with Gasteiger partial charge < -0.3 is 11.1 Å². The summed E-state index contributed by atoms with van der Waals surface area (Å²) in [4.78, 5) is 11.8. The zero-order chi connectivity index (χ0) is 12.0. The molecule has 1 rings (SSSR count). The molecule has 3 N–H and O–H groups in total. The van der Waals surface area contributed by atoms with Crippen LogP contribution < -0.4 is 11.1 Å². The van der Waals surface area contributed by atoms with Gasteiger partial charge in [-0.2, -0.15) is 11.8 Å². The molecule has 1 aliphatic carbocycles. The third kappa shape index (κ3) is 4.74. The minimum atomic E-state index is 0.212. The van der Waals surface area contributed by atoms with E-state index in [-0.39, 0.29) is 11.8 Å². The van der Waals surface area contributed by atoms with Crippen LogP contribution in [0.25, 0.3) is 0 Å². The molecule has 1 aliphatic rings. The molecule has 0 spiro atoms. The average molecular weight is 244 g/mol. The number of nitrogens with two attached hydrogens (primary N) is 1. The second kappa shape index (κ2) is 7.17. The molecule has 0 aromatic rings. The fourth-order valence-corrected chi connectivity index (χ4v) is 2.40. The van der Waals surface area contributed by atoms with E-state index in [9.17, 15) is 4.79 Å². The van der Waals surface area contributed by atoms with Crippen molar-refractivity contribution in [3.8, 4) is 0 Å². The first-order chi connectivity index (χ1) is 7.63. The molecule has 4 heteroatoms. The molecule has 1 atom stereocenters. The number of hydrogen-bond acceptors (Lipinski definition) is 3. The second-order valence-electron chi connectivity index (χ2n) is 4.74. The van der Waals surface area contributed by atoms with Gasteiger partial charge in [0.1, 0.15) is 0 Å². The molecular formula is C12H24N2OS. The number of thioether (sulfide) groups is 1. The summed E-state index contributed by atoms with van der Waals surface area (Å²) >= 11 is 1.84. The Bertz CT molecular complexity index is 215.